The first-order chi connectivity index (χ1) is 3.41. The molecule has 0 nitrogen and oxygen atoms in total. The summed E-state index contributed by atoms with van der Waals surface area (Å²) in [5, 5.41) is 0. The highest BCUT2D eigenvalue weighted by Gasteiger charge is 1.80. The van der Waals surface area contributed by atoms with Crippen LogP contribution in [0.1, 0.15) is 26.2 Å². The minimum absolute atomic E-state index is 1.14. The van der Waals surface area contributed by atoms with Gasteiger partial charge in [0.15, 0.2) is 0 Å². The number of hydrogen-bond acceptors (Lipinski definition) is 0. The summed E-state index contributed by atoms with van der Waals surface area (Å²) < 4.78 is 0. The van der Waals surface area contributed by atoms with E-state index in [0.717, 1.165) is 6.22 Å². The Kier molecular flexibility index (Phi) is 8.35. The van der Waals surface area contributed by atoms with E-state index in [-0.39, 0.29) is 0 Å². The van der Waals surface area contributed by atoms with E-state index in [0.29, 0.717) is 0 Å². The van der Waals surface area contributed by atoms with Crippen molar-refractivity contribution in [1.82, 2.24) is 0 Å². The second-order valence-corrected chi connectivity index (χ2v) is 4.65. The molecule has 1 atom stereocenters. The predicted molar refractivity (Wildman–Crippen MR) is 46.7 cm³/mol. The lowest BCUT2D eigenvalue weighted by atomic mass is 10.3. The maximum atomic E-state index is 2.45. The molecule has 0 aromatic rings. The van der Waals surface area contributed by atoms with Gasteiger partial charge in [0.05, 0.1) is 0 Å². The van der Waals surface area contributed by atoms with E-state index >= 15 is 0 Å². The maximum absolute atomic E-state index is 2.45. The minimum Gasteiger partial charge on any atom is -0.0654 e. The molecule has 0 amide bonds. The van der Waals surface area contributed by atoms with Crippen LogP contribution in [0.4, 0.5) is 0 Å². The largest absolute Gasteiger partial charge is 0.0654 e. The molecule has 0 saturated heterocycles. The second kappa shape index (κ2) is 7.16. The van der Waals surface area contributed by atoms with Crippen LogP contribution in [0.15, 0.2) is 0 Å². The molecule has 0 spiro atoms. The molecule has 0 heterocycles. The van der Waals surface area contributed by atoms with Gasteiger partial charge in [0.25, 0.3) is 0 Å². The van der Waals surface area contributed by atoms with Gasteiger partial charge >= 0.3 is 0 Å². The monoisotopic (exact) mass is 230 g/mol. The molecule has 0 radical (unpaired) electrons. The first-order valence-electron chi connectivity index (χ1n) is 2.75. The van der Waals surface area contributed by atoms with Gasteiger partial charge in [0, 0.05) is 0 Å². The average Bonchev–Trinajstić information content (AvgIpc) is 1.69. The summed E-state index contributed by atoms with van der Waals surface area (Å²) in [6.45, 7) is 2.25. The third-order valence-corrected chi connectivity index (χ3v) is 3.04. The van der Waals surface area contributed by atoms with Crippen LogP contribution in [0, 0.1) is 0 Å². The van der Waals surface area contributed by atoms with Gasteiger partial charge in [-0.15, -0.1) is 0 Å². The van der Waals surface area contributed by atoms with Crippen molar-refractivity contribution in [2.75, 3.05) is 6.16 Å². The number of halogens is 1. The van der Waals surface area contributed by atoms with Crippen LogP contribution in [0.25, 0.3) is 0 Å². The molecular weight excluding hydrogens is 218 g/mol. The van der Waals surface area contributed by atoms with Crippen LogP contribution >= 0.6 is 28.3 Å². The molecule has 0 bridgehead atoms. The van der Waals surface area contributed by atoms with Crippen molar-refractivity contribution in [3.63, 3.8) is 0 Å². The summed E-state index contributed by atoms with van der Waals surface area (Å²) in [5.74, 6) is 0. The van der Waals surface area contributed by atoms with Crippen LogP contribution in [0.3, 0.4) is 0 Å². The zero-order valence-corrected chi connectivity index (χ0v) is 7.86. The smallest absolute Gasteiger partial charge is 0.0263 e. The number of hydrogen-bond donors (Lipinski definition) is 0. The van der Waals surface area contributed by atoms with E-state index in [1.54, 1.807) is 0 Å². The SMILES string of the molecule is CCCCCPI. The third-order valence-electron chi connectivity index (χ3n) is 0.875. The van der Waals surface area contributed by atoms with Crippen LogP contribution in [-0.2, 0) is 0 Å². The lowest BCUT2D eigenvalue weighted by molar-refractivity contribution is 0.778. The Morgan fingerprint density at radius 1 is 1.43 bits per heavy atom. The molecule has 0 aromatic heterocycles. The Balaban J connectivity index is 2.45. The van der Waals surface area contributed by atoms with Gasteiger partial charge in [-0.25, -0.2) is 0 Å². The zero-order valence-electron chi connectivity index (χ0n) is 4.71. The van der Waals surface area contributed by atoms with Gasteiger partial charge in [0.1, 0.15) is 0 Å². The molecule has 0 rings (SSSR count). The van der Waals surface area contributed by atoms with E-state index < -0.39 is 0 Å². The Hall–Kier alpha value is 1.16. The molecule has 0 aliphatic carbocycles. The van der Waals surface area contributed by atoms with Crippen LogP contribution in [0.2, 0.25) is 0 Å². The van der Waals surface area contributed by atoms with E-state index in [1.807, 2.05) is 0 Å². The van der Waals surface area contributed by atoms with E-state index in [2.05, 4.69) is 29.0 Å². The van der Waals surface area contributed by atoms with Crippen molar-refractivity contribution >= 4 is 28.3 Å². The summed E-state index contributed by atoms with van der Waals surface area (Å²) in [6.07, 6.45) is 6.81. The molecule has 1 unspecified atom stereocenters. The molecular formula is C5H12IP. The van der Waals surface area contributed by atoms with Crippen LogP contribution in [0.5, 0.6) is 0 Å². The van der Waals surface area contributed by atoms with E-state index in [9.17, 15) is 0 Å². The highest BCUT2D eigenvalue weighted by molar-refractivity contribution is 14.2. The summed E-state index contributed by atoms with van der Waals surface area (Å²) in [6, 6.07) is 0. The number of rotatable bonds is 4. The number of unbranched alkanes of at least 4 members (excludes halogenated alkanes) is 2. The van der Waals surface area contributed by atoms with Crippen LogP contribution in [-0.4, -0.2) is 6.16 Å². The quantitative estimate of drug-likeness (QED) is 0.395. The van der Waals surface area contributed by atoms with E-state index in [1.165, 1.54) is 25.4 Å². The summed E-state index contributed by atoms with van der Waals surface area (Å²) in [4.78, 5) is 0. The Morgan fingerprint density at radius 2 is 2.14 bits per heavy atom. The third kappa shape index (κ3) is 7.16. The average molecular weight is 230 g/mol. The lowest BCUT2D eigenvalue weighted by Gasteiger charge is -1.89. The fourth-order valence-electron chi connectivity index (χ4n) is 0.442. The van der Waals surface area contributed by atoms with Crippen LogP contribution < -0.4 is 0 Å². The summed E-state index contributed by atoms with van der Waals surface area (Å²) in [7, 11) is 0. The zero-order chi connectivity index (χ0) is 5.54. The summed E-state index contributed by atoms with van der Waals surface area (Å²) >= 11 is 2.45. The van der Waals surface area contributed by atoms with E-state index in [4.69, 9.17) is 0 Å². The predicted octanol–water partition coefficient (Wildman–Crippen LogP) is 3.21. The molecule has 0 aliphatic heterocycles. The van der Waals surface area contributed by atoms with Crippen molar-refractivity contribution in [2.45, 2.75) is 26.2 Å². The Bertz CT molecular complexity index is 27.3. The minimum atomic E-state index is 1.14. The van der Waals surface area contributed by atoms with Crippen molar-refractivity contribution in [3.05, 3.63) is 0 Å². The molecule has 0 aromatic carbocycles. The molecule has 44 valence electrons. The maximum Gasteiger partial charge on any atom is -0.0263 e. The fourth-order valence-corrected chi connectivity index (χ4v) is 1.97. The molecule has 0 fully saturated rings. The first-order valence-corrected chi connectivity index (χ1v) is 7.07. The van der Waals surface area contributed by atoms with Crippen molar-refractivity contribution < 1.29 is 0 Å². The van der Waals surface area contributed by atoms with Crippen molar-refractivity contribution in [2.24, 2.45) is 0 Å². The lowest BCUT2D eigenvalue weighted by Crippen LogP contribution is -1.71. The second-order valence-electron chi connectivity index (χ2n) is 1.59. The molecule has 0 N–H and O–H groups in total. The molecule has 2 heteroatoms. The van der Waals surface area contributed by atoms with Crippen molar-refractivity contribution in [1.29, 1.82) is 0 Å². The Labute approximate surface area is 60.7 Å². The van der Waals surface area contributed by atoms with Gasteiger partial charge in [-0.05, 0) is 12.6 Å². The Morgan fingerprint density at radius 3 is 2.57 bits per heavy atom. The van der Waals surface area contributed by atoms with Gasteiger partial charge in [0.2, 0.25) is 0 Å². The highest BCUT2D eigenvalue weighted by Crippen LogP contribution is 2.21. The molecule has 0 aliphatic rings. The van der Waals surface area contributed by atoms with Gasteiger partial charge in [-0.1, -0.05) is 48.0 Å². The van der Waals surface area contributed by atoms with Crippen molar-refractivity contribution in [3.8, 4) is 0 Å². The molecule has 0 saturated carbocycles. The summed E-state index contributed by atoms with van der Waals surface area (Å²) in [5.41, 5.74) is 0. The highest BCUT2D eigenvalue weighted by atomic mass is 127. The van der Waals surface area contributed by atoms with Gasteiger partial charge < -0.3 is 0 Å². The van der Waals surface area contributed by atoms with Gasteiger partial charge in [-0.3, -0.25) is 0 Å². The fraction of sp³-hybridized carbons (Fsp3) is 1.00. The topological polar surface area (TPSA) is 0 Å². The van der Waals surface area contributed by atoms with Gasteiger partial charge in [-0.2, -0.15) is 0 Å². The first kappa shape index (κ1) is 8.16. The standard InChI is InChI=1S/C5H12IP/c1-2-3-4-5-7-6/h7H,2-5H2,1H3. The normalized spacial score (nSPS) is 11.1. The molecule has 7 heavy (non-hydrogen) atoms.